The van der Waals surface area contributed by atoms with Gasteiger partial charge in [0.1, 0.15) is 0 Å². The molecule has 2 amide bonds. The Labute approximate surface area is 155 Å². The van der Waals surface area contributed by atoms with E-state index < -0.39 is 0 Å². The number of pyridine rings is 1. The van der Waals surface area contributed by atoms with Gasteiger partial charge in [0.2, 0.25) is 11.8 Å². The average molecular weight is 371 g/mol. The van der Waals surface area contributed by atoms with E-state index in [0.29, 0.717) is 5.69 Å². The van der Waals surface area contributed by atoms with Crippen molar-refractivity contribution in [1.29, 1.82) is 0 Å². The van der Waals surface area contributed by atoms with Crippen LogP contribution < -0.4 is 10.6 Å². The van der Waals surface area contributed by atoms with E-state index in [-0.39, 0.29) is 30.3 Å². The Hall–Kier alpha value is -2.74. The van der Waals surface area contributed by atoms with Crippen molar-refractivity contribution in [2.75, 3.05) is 5.32 Å². The van der Waals surface area contributed by atoms with Crippen LogP contribution in [0.4, 0.5) is 5.69 Å². The van der Waals surface area contributed by atoms with Crippen LogP contribution in [0.5, 0.6) is 0 Å². The van der Waals surface area contributed by atoms with E-state index >= 15 is 0 Å². The molecule has 3 rings (SSSR count). The summed E-state index contributed by atoms with van der Waals surface area (Å²) in [6.45, 7) is 5.52. The summed E-state index contributed by atoms with van der Waals surface area (Å²) in [6, 6.07) is 5.53. The van der Waals surface area contributed by atoms with E-state index in [1.165, 1.54) is 18.3 Å². The summed E-state index contributed by atoms with van der Waals surface area (Å²) in [4.78, 5) is 29.2. The van der Waals surface area contributed by atoms with Gasteiger partial charge in [0.05, 0.1) is 30.5 Å². The first-order valence-corrected chi connectivity index (χ1v) is 9.25. The minimum Gasteiger partial charge on any atom is -0.348 e. The Bertz CT molecular complexity index is 917. The van der Waals surface area contributed by atoms with Crippen molar-refractivity contribution in [3.05, 3.63) is 40.8 Å². The molecule has 3 aromatic heterocycles. The molecule has 0 aliphatic heterocycles. The monoisotopic (exact) mass is 371 g/mol. The normalized spacial score (nSPS) is 12.3. The number of anilines is 1. The molecule has 2 N–H and O–H groups in total. The van der Waals surface area contributed by atoms with E-state index in [0.717, 1.165) is 15.9 Å². The maximum atomic E-state index is 12.4. The molecule has 0 bridgehead atoms. The van der Waals surface area contributed by atoms with Crippen molar-refractivity contribution in [1.82, 2.24) is 20.1 Å². The fourth-order valence-corrected chi connectivity index (χ4v) is 3.52. The number of nitrogens with one attached hydrogen (secondary N) is 2. The number of hydrogen-bond acceptors (Lipinski definition) is 5. The first-order chi connectivity index (χ1) is 12.4. The number of thiophene rings is 1. The van der Waals surface area contributed by atoms with Crippen LogP contribution in [0.15, 0.2) is 36.0 Å². The van der Waals surface area contributed by atoms with E-state index in [1.54, 1.807) is 12.4 Å². The predicted octanol–water partition coefficient (Wildman–Crippen LogP) is 3.28. The molecule has 0 radical (unpaired) electrons. The second-order valence-corrected chi connectivity index (χ2v) is 7.32. The third-order valence-electron chi connectivity index (χ3n) is 3.86. The number of aromatic nitrogens is 3. The molecule has 136 valence electrons. The number of carbonyl (C=O) groups excluding carboxylic acids is 2. The molecule has 0 aliphatic rings. The molecule has 0 saturated heterocycles. The smallest absolute Gasteiger partial charge is 0.226 e. The number of carbonyl (C=O) groups is 2. The molecule has 1 atom stereocenters. The first-order valence-electron chi connectivity index (χ1n) is 8.37. The minimum absolute atomic E-state index is 0.156. The van der Waals surface area contributed by atoms with Crippen molar-refractivity contribution >= 4 is 39.9 Å². The molecule has 7 nitrogen and oxygen atoms in total. The van der Waals surface area contributed by atoms with Gasteiger partial charge in [-0.25, -0.2) is 9.67 Å². The quantitative estimate of drug-likeness (QED) is 0.696. The molecule has 3 aromatic rings. The van der Waals surface area contributed by atoms with Gasteiger partial charge in [-0.3, -0.25) is 9.59 Å². The highest BCUT2D eigenvalue weighted by Crippen LogP contribution is 2.23. The van der Waals surface area contributed by atoms with Crippen molar-refractivity contribution in [3.63, 3.8) is 0 Å². The highest BCUT2D eigenvalue weighted by molar-refractivity contribution is 7.10. The summed E-state index contributed by atoms with van der Waals surface area (Å²) in [5, 5.41) is 12.8. The zero-order chi connectivity index (χ0) is 18.7. The van der Waals surface area contributed by atoms with Gasteiger partial charge in [0, 0.05) is 23.2 Å². The van der Waals surface area contributed by atoms with Crippen molar-refractivity contribution in [2.45, 2.75) is 39.3 Å². The van der Waals surface area contributed by atoms with Crippen molar-refractivity contribution < 1.29 is 9.59 Å². The maximum absolute atomic E-state index is 12.4. The van der Waals surface area contributed by atoms with Crippen LogP contribution in [0.25, 0.3) is 11.0 Å². The zero-order valence-corrected chi connectivity index (χ0v) is 15.7. The Kier molecular flexibility index (Phi) is 5.32. The van der Waals surface area contributed by atoms with Crippen LogP contribution in [0.3, 0.4) is 0 Å². The second-order valence-electron chi connectivity index (χ2n) is 6.34. The predicted molar refractivity (Wildman–Crippen MR) is 102 cm³/mol. The Morgan fingerprint density at radius 1 is 1.31 bits per heavy atom. The number of hydrogen-bond donors (Lipinski definition) is 2. The van der Waals surface area contributed by atoms with Gasteiger partial charge in [0.15, 0.2) is 5.65 Å². The summed E-state index contributed by atoms with van der Waals surface area (Å²) < 4.78 is 1.84. The minimum atomic E-state index is -0.340. The largest absolute Gasteiger partial charge is 0.348 e. The van der Waals surface area contributed by atoms with Crippen LogP contribution >= 0.6 is 11.3 Å². The lowest BCUT2D eigenvalue weighted by atomic mass is 10.1. The molecule has 3 heterocycles. The van der Waals surface area contributed by atoms with Crippen LogP contribution in [0.1, 0.15) is 44.2 Å². The summed E-state index contributed by atoms with van der Waals surface area (Å²) in [5.41, 5.74) is 1.39. The van der Waals surface area contributed by atoms with E-state index in [9.17, 15) is 9.59 Å². The Balaban J connectivity index is 1.72. The molecule has 0 aromatic carbocycles. The maximum Gasteiger partial charge on any atom is 0.226 e. The number of amides is 2. The SMILES string of the molecule is CC(=O)NC(CC(=O)Nc1cnc2c(cnn2C(C)C)c1)c1cccs1. The van der Waals surface area contributed by atoms with Crippen LogP contribution in [-0.2, 0) is 9.59 Å². The summed E-state index contributed by atoms with van der Waals surface area (Å²) >= 11 is 1.51. The fraction of sp³-hybridized carbons (Fsp3) is 0.333. The molecule has 0 aliphatic carbocycles. The highest BCUT2D eigenvalue weighted by atomic mass is 32.1. The first kappa shape index (κ1) is 18.1. The molecular weight excluding hydrogens is 350 g/mol. The van der Waals surface area contributed by atoms with Gasteiger partial charge in [-0.1, -0.05) is 6.07 Å². The number of fused-ring (bicyclic) bond motifs is 1. The topological polar surface area (TPSA) is 88.9 Å². The summed E-state index contributed by atoms with van der Waals surface area (Å²) in [7, 11) is 0. The number of nitrogens with zero attached hydrogens (tertiary/aromatic N) is 3. The molecule has 8 heteroatoms. The van der Waals surface area contributed by atoms with E-state index in [4.69, 9.17) is 0 Å². The second kappa shape index (κ2) is 7.65. The van der Waals surface area contributed by atoms with Crippen LogP contribution in [0.2, 0.25) is 0 Å². The van der Waals surface area contributed by atoms with Gasteiger partial charge >= 0.3 is 0 Å². The van der Waals surface area contributed by atoms with Gasteiger partial charge in [-0.05, 0) is 31.4 Å². The third kappa shape index (κ3) is 4.08. The van der Waals surface area contributed by atoms with E-state index in [1.807, 2.05) is 42.1 Å². The summed E-state index contributed by atoms with van der Waals surface area (Å²) in [6.07, 6.45) is 3.52. The van der Waals surface area contributed by atoms with Crippen LogP contribution in [-0.4, -0.2) is 26.6 Å². The molecular formula is C18H21N5O2S. The standard InChI is InChI=1S/C18H21N5O2S/c1-11(2)23-18-13(9-20-23)7-14(10-19-18)22-17(25)8-15(21-12(3)24)16-5-4-6-26-16/h4-7,9-11,15H,8H2,1-3H3,(H,21,24)(H,22,25). The van der Waals surface area contributed by atoms with Gasteiger partial charge in [0.25, 0.3) is 0 Å². The summed E-state index contributed by atoms with van der Waals surface area (Å²) in [5.74, 6) is -0.352. The van der Waals surface area contributed by atoms with Crippen molar-refractivity contribution in [3.8, 4) is 0 Å². The fourth-order valence-electron chi connectivity index (χ4n) is 2.74. The molecule has 0 spiro atoms. The average Bonchev–Trinajstić information content (AvgIpc) is 3.23. The Morgan fingerprint density at radius 3 is 2.77 bits per heavy atom. The molecule has 0 fully saturated rings. The number of rotatable bonds is 6. The molecule has 1 unspecified atom stereocenters. The van der Waals surface area contributed by atoms with Gasteiger partial charge in [-0.2, -0.15) is 5.10 Å². The highest BCUT2D eigenvalue weighted by Gasteiger charge is 2.18. The van der Waals surface area contributed by atoms with Gasteiger partial charge < -0.3 is 10.6 Å². The lowest BCUT2D eigenvalue weighted by Crippen LogP contribution is -2.29. The third-order valence-corrected chi connectivity index (χ3v) is 4.85. The van der Waals surface area contributed by atoms with E-state index in [2.05, 4.69) is 20.7 Å². The van der Waals surface area contributed by atoms with Gasteiger partial charge in [-0.15, -0.1) is 11.3 Å². The lowest BCUT2D eigenvalue weighted by molar-refractivity contribution is -0.120. The van der Waals surface area contributed by atoms with Crippen molar-refractivity contribution in [2.24, 2.45) is 0 Å². The van der Waals surface area contributed by atoms with Crippen LogP contribution in [0, 0.1) is 0 Å². The zero-order valence-electron chi connectivity index (χ0n) is 14.9. The lowest BCUT2D eigenvalue weighted by Gasteiger charge is -2.16. The Morgan fingerprint density at radius 2 is 2.12 bits per heavy atom. The molecule has 26 heavy (non-hydrogen) atoms. The molecule has 0 saturated carbocycles.